The fourth-order valence-electron chi connectivity index (χ4n) is 2.63. The maximum Gasteiger partial charge on any atom is 0.335 e. The molecule has 7 nitrogen and oxygen atoms in total. The minimum absolute atomic E-state index is 0.0510. The first-order chi connectivity index (χ1) is 13.0. The summed E-state index contributed by atoms with van der Waals surface area (Å²) in [5.74, 6) is -1.02. The zero-order valence-electron chi connectivity index (χ0n) is 13.9. The van der Waals surface area contributed by atoms with Crippen LogP contribution in [0, 0.1) is 21.4 Å². The lowest BCUT2D eigenvalue weighted by atomic mass is 10.1. The van der Waals surface area contributed by atoms with Crippen LogP contribution in [0.1, 0.15) is 21.6 Å². The Labute approximate surface area is 154 Å². The number of aromatic nitrogens is 1. The lowest BCUT2D eigenvalue weighted by Gasteiger charge is -2.08. The average molecular weight is 359 g/mol. The van der Waals surface area contributed by atoms with E-state index in [4.69, 9.17) is 5.11 Å². The summed E-state index contributed by atoms with van der Waals surface area (Å²) in [5, 5.41) is 29.4. The zero-order valence-corrected chi connectivity index (χ0v) is 13.9. The highest BCUT2D eigenvalue weighted by Gasteiger charge is 2.10. The highest BCUT2D eigenvalue weighted by molar-refractivity contribution is 5.90. The van der Waals surface area contributed by atoms with E-state index in [0.717, 1.165) is 0 Å². The van der Waals surface area contributed by atoms with Gasteiger partial charge in [-0.25, -0.2) is 4.79 Å². The van der Waals surface area contributed by atoms with Crippen molar-refractivity contribution < 1.29 is 14.8 Å². The summed E-state index contributed by atoms with van der Waals surface area (Å²) < 4.78 is 1.76. The molecule has 0 saturated carbocycles. The molecule has 1 N–H and O–H groups in total. The van der Waals surface area contributed by atoms with E-state index in [9.17, 15) is 20.2 Å². The molecule has 2 aromatic carbocycles. The summed E-state index contributed by atoms with van der Waals surface area (Å²) in [4.78, 5) is 21.4. The van der Waals surface area contributed by atoms with E-state index in [1.807, 2.05) is 0 Å². The highest BCUT2D eigenvalue weighted by atomic mass is 16.6. The van der Waals surface area contributed by atoms with Gasteiger partial charge in [0.15, 0.2) is 0 Å². The number of carboxylic acids is 1. The summed E-state index contributed by atoms with van der Waals surface area (Å²) in [6.45, 7) is 0. The maximum atomic E-state index is 11.2. The topological polar surface area (TPSA) is 109 Å². The summed E-state index contributed by atoms with van der Waals surface area (Å²) in [5.41, 5.74) is 2.31. The number of hydrogen-bond acceptors (Lipinski definition) is 4. The fourth-order valence-corrected chi connectivity index (χ4v) is 2.63. The molecule has 7 heteroatoms. The van der Waals surface area contributed by atoms with Gasteiger partial charge in [0.2, 0.25) is 0 Å². The van der Waals surface area contributed by atoms with Gasteiger partial charge >= 0.3 is 5.97 Å². The number of nitro benzene ring substituents is 1. The van der Waals surface area contributed by atoms with Crippen molar-refractivity contribution >= 4 is 23.3 Å². The number of nitriles is 1. The standard InChI is InChI=1S/C20H13N3O4/c21-13-16(14-6-8-17(9-7-14)23(26)27)12-19-5-2-10-22(19)18-4-1-3-15(11-18)20(24)25/h1-12H,(H,24,25)/b16-12-. The lowest BCUT2D eigenvalue weighted by Crippen LogP contribution is -2.00. The number of nitrogens with zero attached hydrogens (tertiary/aromatic N) is 3. The second-order valence-electron chi connectivity index (χ2n) is 5.63. The number of aromatic carboxylic acids is 1. The largest absolute Gasteiger partial charge is 0.478 e. The Kier molecular flexibility index (Phi) is 4.82. The van der Waals surface area contributed by atoms with Crippen LogP contribution in [0.5, 0.6) is 0 Å². The summed E-state index contributed by atoms with van der Waals surface area (Å²) >= 11 is 0. The van der Waals surface area contributed by atoms with Gasteiger partial charge in [0.1, 0.15) is 0 Å². The number of non-ortho nitro benzene ring substituents is 1. The third-order valence-corrected chi connectivity index (χ3v) is 3.95. The smallest absolute Gasteiger partial charge is 0.335 e. The van der Waals surface area contributed by atoms with Crippen LogP contribution in [-0.4, -0.2) is 20.6 Å². The molecule has 0 atom stereocenters. The molecule has 132 valence electrons. The molecule has 0 bridgehead atoms. The van der Waals surface area contributed by atoms with Gasteiger partial charge in [0.05, 0.1) is 22.1 Å². The third-order valence-electron chi connectivity index (χ3n) is 3.95. The van der Waals surface area contributed by atoms with Gasteiger partial charge in [-0.15, -0.1) is 0 Å². The quantitative estimate of drug-likeness (QED) is 0.418. The lowest BCUT2D eigenvalue weighted by molar-refractivity contribution is -0.384. The van der Waals surface area contributed by atoms with Crippen molar-refractivity contribution in [2.24, 2.45) is 0 Å². The van der Waals surface area contributed by atoms with Crippen LogP contribution in [0.2, 0.25) is 0 Å². The van der Waals surface area contributed by atoms with Gasteiger partial charge in [-0.05, 0) is 54.1 Å². The first-order valence-electron chi connectivity index (χ1n) is 7.87. The van der Waals surface area contributed by atoms with Crippen LogP contribution >= 0.6 is 0 Å². The van der Waals surface area contributed by atoms with Gasteiger partial charge in [-0.2, -0.15) is 5.26 Å². The van der Waals surface area contributed by atoms with Gasteiger partial charge in [-0.1, -0.05) is 6.07 Å². The van der Waals surface area contributed by atoms with Crippen molar-refractivity contribution in [2.75, 3.05) is 0 Å². The summed E-state index contributed by atoms with van der Waals surface area (Å²) in [6.07, 6.45) is 3.41. The molecule has 0 amide bonds. The molecule has 27 heavy (non-hydrogen) atoms. The molecule has 0 saturated heterocycles. The molecule has 3 rings (SSSR count). The van der Waals surface area contributed by atoms with E-state index >= 15 is 0 Å². The Bertz CT molecular complexity index is 1090. The highest BCUT2D eigenvalue weighted by Crippen LogP contribution is 2.23. The van der Waals surface area contributed by atoms with Gasteiger partial charge < -0.3 is 9.67 Å². The normalized spacial score (nSPS) is 11.0. The monoisotopic (exact) mass is 359 g/mol. The molecule has 0 aliphatic carbocycles. The van der Waals surface area contributed by atoms with Crippen molar-refractivity contribution in [1.29, 1.82) is 5.26 Å². The predicted octanol–water partition coefficient (Wildman–Crippen LogP) is 4.15. The molecule has 1 aromatic heterocycles. The minimum atomic E-state index is -1.02. The van der Waals surface area contributed by atoms with Gasteiger partial charge in [-0.3, -0.25) is 10.1 Å². The Morgan fingerprint density at radius 3 is 2.48 bits per heavy atom. The van der Waals surface area contributed by atoms with Gasteiger partial charge in [0.25, 0.3) is 5.69 Å². The zero-order chi connectivity index (χ0) is 19.4. The van der Waals surface area contributed by atoms with Crippen molar-refractivity contribution in [2.45, 2.75) is 0 Å². The number of hydrogen-bond donors (Lipinski definition) is 1. The van der Waals surface area contributed by atoms with E-state index in [0.29, 0.717) is 22.5 Å². The third kappa shape index (κ3) is 3.75. The molecule has 0 unspecified atom stereocenters. The van der Waals surface area contributed by atoms with Crippen molar-refractivity contribution in [3.8, 4) is 11.8 Å². The molecular formula is C20H13N3O4. The Morgan fingerprint density at radius 2 is 1.85 bits per heavy atom. The number of carboxylic acid groups (broad SMARTS) is 1. The minimum Gasteiger partial charge on any atom is -0.478 e. The number of carbonyl (C=O) groups is 1. The molecule has 3 aromatic rings. The predicted molar refractivity (Wildman–Crippen MR) is 99.3 cm³/mol. The maximum absolute atomic E-state index is 11.2. The van der Waals surface area contributed by atoms with E-state index in [1.54, 1.807) is 41.1 Å². The van der Waals surface area contributed by atoms with Gasteiger partial charge in [0, 0.05) is 29.7 Å². The van der Waals surface area contributed by atoms with Crippen LogP contribution in [0.25, 0.3) is 17.3 Å². The van der Waals surface area contributed by atoms with Crippen LogP contribution < -0.4 is 0 Å². The molecule has 0 fully saturated rings. The van der Waals surface area contributed by atoms with Crippen LogP contribution in [0.4, 0.5) is 5.69 Å². The van der Waals surface area contributed by atoms with E-state index in [-0.39, 0.29) is 11.3 Å². The second-order valence-corrected chi connectivity index (χ2v) is 5.63. The SMILES string of the molecule is N#C/C(=C/c1cccn1-c1cccc(C(=O)O)c1)c1ccc([N+](=O)[O-])cc1. The van der Waals surface area contributed by atoms with Crippen LogP contribution in [0.3, 0.4) is 0 Å². The molecule has 0 radical (unpaired) electrons. The fraction of sp³-hybridized carbons (Fsp3) is 0. The van der Waals surface area contributed by atoms with Crippen molar-refractivity contribution in [1.82, 2.24) is 4.57 Å². The number of benzene rings is 2. The van der Waals surface area contributed by atoms with Crippen molar-refractivity contribution in [3.63, 3.8) is 0 Å². The van der Waals surface area contributed by atoms with Crippen LogP contribution in [-0.2, 0) is 0 Å². The van der Waals surface area contributed by atoms with Crippen molar-refractivity contribution in [3.05, 3.63) is 93.8 Å². The number of nitro groups is 1. The Hall–Kier alpha value is -4.18. The Balaban J connectivity index is 2.01. The van der Waals surface area contributed by atoms with E-state index in [1.165, 1.54) is 36.4 Å². The van der Waals surface area contributed by atoms with E-state index in [2.05, 4.69) is 6.07 Å². The molecule has 0 spiro atoms. The molecule has 1 heterocycles. The number of allylic oxidation sites excluding steroid dienone is 1. The first-order valence-corrected chi connectivity index (χ1v) is 7.87. The average Bonchev–Trinajstić information content (AvgIpc) is 3.14. The molecule has 0 aliphatic rings. The Morgan fingerprint density at radius 1 is 1.11 bits per heavy atom. The first kappa shape index (κ1) is 17.6. The molecular weight excluding hydrogens is 346 g/mol. The number of rotatable bonds is 5. The molecule has 0 aliphatic heterocycles. The van der Waals surface area contributed by atoms with E-state index < -0.39 is 10.9 Å². The summed E-state index contributed by atoms with van der Waals surface area (Å²) in [6, 6.07) is 17.8. The summed E-state index contributed by atoms with van der Waals surface area (Å²) in [7, 11) is 0. The second kappa shape index (κ2) is 7.37. The van der Waals surface area contributed by atoms with Crippen LogP contribution in [0.15, 0.2) is 66.9 Å².